The van der Waals surface area contributed by atoms with Gasteiger partial charge in [-0.2, -0.15) is 0 Å². The zero-order valence-corrected chi connectivity index (χ0v) is 11.9. The molecule has 1 saturated heterocycles. The van der Waals surface area contributed by atoms with Gasteiger partial charge >= 0.3 is 0 Å². The maximum Gasteiger partial charge on any atom is 0.234 e. The molecular formula is C13H26N2O3. The molecule has 5 nitrogen and oxygen atoms in total. The van der Waals surface area contributed by atoms with Gasteiger partial charge in [-0.15, -0.1) is 0 Å². The first kappa shape index (κ1) is 15.4. The summed E-state index contributed by atoms with van der Waals surface area (Å²) in [5.41, 5.74) is -0.260. The number of carbonyl (C=O) groups excluding carboxylic acids is 1. The van der Waals surface area contributed by atoms with Crippen molar-refractivity contribution in [2.45, 2.75) is 38.8 Å². The second kappa shape index (κ2) is 7.07. The van der Waals surface area contributed by atoms with Gasteiger partial charge in [-0.05, 0) is 12.8 Å². The number of ether oxygens (including phenoxy) is 2. The summed E-state index contributed by atoms with van der Waals surface area (Å²) in [6.07, 6.45) is 0.876. The van der Waals surface area contributed by atoms with Crippen molar-refractivity contribution in [3.63, 3.8) is 0 Å². The van der Waals surface area contributed by atoms with Crippen LogP contribution in [0.15, 0.2) is 0 Å². The van der Waals surface area contributed by atoms with E-state index in [1.165, 1.54) is 0 Å². The molecule has 0 aromatic rings. The van der Waals surface area contributed by atoms with E-state index in [9.17, 15) is 4.79 Å². The average Bonchev–Trinajstić information content (AvgIpc) is 2.78. The summed E-state index contributed by atoms with van der Waals surface area (Å²) >= 11 is 0. The average molecular weight is 258 g/mol. The van der Waals surface area contributed by atoms with Crippen LogP contribution in [0.25, 0.3) is 0 Å². The molecule has 1 amide bonds. The minimum Gasteiger partial charge on any atom is -0.378 e. The van der Waals surface area contributed by atoms with Gasteiger partial charge in [0.25, 0.3) is 0 Å². The maximum atomic E-state index is 11.7. The normalized spacial score (nSPS) is 25.4. The quantitative estimate of drug-likeness (QED) is 0.700. The van der Waals surface area contributed by atoms with Gasteiger partial charge in [0.2, 0.25) is 5.91 Å². The van der Waals surface area contributed by atoms with Gasteiger partial charge in [-0.25, -0.2) is 0 Å². The largest absolute Gasteiger partial charge is 0.378 e. The van der Waals surface area contributed by atoms with Crippen LogP contribution in [0.4, 0.5) is 0 Å². The summed E-state index contributed by atoms with van der Waals surface area (Å²) in [6.45, 7) is 8.49. The van der Waals surface area contributed by atoms with Crippen LogP contribution in [-0.4, -0.2) is 51.0 Å². The van der Waals surface area contributed by atoms with Crippen LogP contribution in [0.3, 0.4) is 0 Å². The highest BCUT2D eigenvalue weighted by atomic mass is 16.5. The molecule has 1 heterocycles. The second-order valence-electron chi connectivity index (χ2n) is 5.39. The summed E-state index contributed by atoms with van der Waals surface area (Å²) in [4.78, 5) is 11.7. The highest BCUT2D eigenvalue weighted by molar-refractivity contribution is 5.78. The Morgan fingerprint density at radius 1 is 1.44 bits per heavy atom. The van der Waals surface area contributed by atoms with Gasteiger partial charge in [-0.3, -0.25) is 4.79 Å². The first-order valence-electron chi connectivity index (χ1n) is 6.62. The topological polar surface area (TPSA) is 59.6 Å². The van der Waals surface area contributed by atoms with E-state index < -0.39 is 0 Å². The number of hydrogen-bond donors (Lipinski definition) is 2. The Hall–Kier alpha value is -0.650. The van der Waals surface area contributed by atoms with E-state index in [1.807, 2.05) is 6.92 Å². The molecule has 0 saturated carbocycles. The van der Waals surface area contributed by atoms with E-state index in [2.05, 4.69) is 24.5 Å². The fraction of sp³-hybridized carbons (Fsp3) is 0.923. The van der Waals surface area contributed by atoms with E-state index in [1.54, 1.807) is 7.11 Å². The molecule has 0 radical (unpaired) electrons. The van der Waals surface area contributed by atoms with Crippen LogP contribution in [0.2, 0.25) is 0 Å². The van der Waals surface area contributed by atoms with E-state index in [0.717, 1.165) is 13.0 Å². The standard InChI is InChI=1S/C13H26N2O3/c1-10(2)11(3)15-12(16)7-14-8-13(17-4)5-6-18-9-13/h10-11,14H,5-9H2,1-4H3,(H,15,16). The lowest BCUT2D eigenvalue weighted by Crippen LogP contribution is -2.47. The van der Waals surface area contributed by atoms with Crippen molar-refractivity contribution in [3.05, 3.63) is 0 Å². The minimum absolute atomic E-state index is 0.0290. The van der Waals surface area contributed by atoms with Crippen LogP contribution in [0.1, 0.15) is 27.2 Å². The minimum atomic E-state index is -0.260. The summed E-state index contributed by atoms with van der Waals surface area (Å²) in [6, 6.07) is 0.200. The molecule has 0 aliphatic carbocycles. The smallest absolute Gasteiger partial charge is 0.234 e. The molecule has 106 valence electrons. The van der Waals surface area contributed by atoms with Crippen LogP contribution < -0.4 is 10.6 Å². The van der Waals surface area contributed by atoms with Gasteiger partial charge in [0.15, 0.2) is 0 Å². The van der Waals surface area contributed by atoms with Crippen molar-refractivity contribution in [2.24, 2.45) is 5.92 Å². The molecule has 5 heteroatoms. The van der Waals surface area contributed by atoms with Crippen molar-refractivity contribution in [1.29, 1.82) is 0 Å². The molecule has 2 unspecified atom stereocenters. The van der Waals surface area contributed by atoms with Crippen LogP contribution in [-0.2, 0) is 14.3 Å². The third-order valence-corrected chi connectivity index (χ3v) is 3.62. The van der Waals surface area contributed by atoms with Crippen molar-refractivity contribution in [3.8, 4) is 0 Å². The van der Waals surface area contributed by atoms with Crippen molar-refractivity contribution >= 4 is 5.91 Å². The summed E-state index contributed by atoms with van der Waals surface area (Å²) in [5.74, 6) is 0.476. The second-order valence-corrected chi connectivity index (χ2v) is 5.39. The Morgan fingerprint density at radius 3 is 2.67 bits per heavy atom. The molecule has 2 N–H and O–H groups in total. The van der Waals surface area contributed by atoms with E-state index in [4.69, 9.17) is 9.47 Å². The van der Waals surface area contributed by atoms with E-state index in [0.29, 0.717) is 25.6 Å². The molecule has 18 heavy (non-hydrogen) atoms. The Morgan fingerprint density at radius 2 is 2.17 bits per heavy atom. The Bertz CT molecular complexity index is 263. The summed E-state index contributed by atoms with van der Waals surface area (Å²) < 4.78 is 10.8. The van der Waals surface area contributed by atoms with Crippen molar-refractivity contribution in [2.75, 3.05) is 33.4 Å². The molecule has 1 fully saturated rings. The molecule has 1 aliphatic heterocycles. The van der Waals surface area contributed by atoms with Crippen molar-refractivity contribution in [1.82, 2.24) is 10.6 Å². The molecule has 0 spiro atoms. The third-order valence-electron chi connectivity index (χ3n) is 3.62. The summed E-state index contributed by atoms with van der Waals surface area (Å²) in [7, 11) is 1.69. The predicted molar refractivity (Wildman–Crippen MR) is 70.5 cm³/mol. The maximum absolute atomic E-state index is 11.7. The van der Waals surface area contributed by atoms with Crippen LogP contribution >= 0.6 is 0 Å². The van der Waals surface area contributed by atoms with E-state index >= 15 is 0 Å². The highest BCUT2D eigenvalue weighted by Gasteiger charge is 2.34. The fourth-order valence-electron chi connectivity index (χ4n) is 1.84. The Kier molecular flexibility index (Phi) is 6.05. The molecular weight excluding hydrogens is 232 g/mol. The highest BCUT2D eigenvalue weighted by Crippen LogP contribution is 2.21. The van der Waals surface area contributed by atoms with E-state index in [-0.39, 0.29) is 17.6 Å². The number of methoxy groups -OCH3 is 1. The molecule has 2 atom stereocenters. The Balaban J connectivity index is 2.22. The number of nitrogens with one attached hydrogen (secondary N) is 2. The van der Waals surface area contributed by atoms with Gasteiger partial charge in [0.1, 0.15) is 5.60 Å². The van der Waals surface area contributed by atoms with Gasteiger partial charge in [0, 0.05) is 32.7 Å². The zero-order chi connectivity index (χ0) is 13.6. The monoisotopic (exact) mass is 258 g/mol. The lowest BCUT2D eigenvalue weighted by molar-refractivity contribution is -0.121. The molecule has 1 rings (SSSR count). The number of rotatable bonds is 7. The lowest BCUT2D eigenvalue weighted by Gasteiger charge is -2.26. The number of hydrogen-bond acceptors (Lipinski definition) is 4. The lowest BCUT2D eigenvalue weighted by atomic mass is 10.0. The van der Waals surface area contributed by atoms with Crippen LogP contribution in [0.5, 0.6) is 0 Å². The SMILES string of the molecule is COC1(CNCC(=O)NC(C)C(C)C)CCOC1. The molecule has 0 bridgehead atoms. The number of amides is 1. The first-order chi connectivity index (χ1) is 8.49. The van der Waals surface area contributed by atoms with Gasteiger partial charge < -0.3 is 20.1 Å². The third kappa shape index (κ3) is 4.55. The zero-order valence-electron chi connectivity index (χ0n) is 11.9. The predicted octanol–water partition coefficient (Wildman–Crippen LogP) is 0.542. The molecule has 1 aliphatic rings. The first-order valence-corrected chi connectivity index (χ1v) is 6.62. The summed E-state index contributed by atoms with van der Waals surface area (Å²) in [5, 5.41) is 6.11. The Labute approximate surface area is 110 Å². The van der Waals surface area contributed by atoms with Gasteiger partial charge in [-0.1, -0.05) is 13.8 Å². The van der Waals surface area contributed by atoms with Gasteiger partial charge in [0.05, 0.1) is 13.2 Å². The number of carbonyl (C=O) groups is 1. The fourth-order valence-corrected chi connectivity index (χ4v) is 1.84. The van der Waals surface area contributed by atoms with Crippen molar-refractivity contribution < 1.29 is 14.3 Å². The van der Waals surface area contributed by atoms with Crippen LogP contribution in [0, 0.1) is 5.92 Å². The molecule has 0 aromatic heterocycles. The molecule has 0 aromatic carbocycles.